The molecule has 1 atom stereocenters. The number of nitrogens with zero attached hydrogens (tertiary/aromatic N) is 1. The predicted octanol–water partition coefficient (Wildman–Crippen LogP) is 2.29. The molecule has 1 aromatic heterocycles. The number of carbonyl (C=O) groups excluding carboxylic acids is 2. The van der Waals surface area contributed by atoms with Crippen molar-refractivity contribution in [3.8, 4) is 0 Å². The number of pyridine rings is 1. The van der Waals surface area contributed by atoms with Crippen molar-refractivity contribution in [3.63, 3.8) is 0 Å². The molecule has 0 radical (unpaired) electrons. The molecule has 25 heavy (non-hydrogen) atoms. The Kier molecular flexibility index (Phi) is 8.75. The van der Waals surface area contributed by atoms with Gasteiger partial charge in [-0.1, -0.05) is 13.3 Å². The molecule has 1 N–H and O–H groups in total. The van der Waals surface area contributed by atoms with Crippen molar-refractivity contribution in [2.75, 3.05) is 19.1 Å². The first-order valence-electron chi connectivity index (χ1n) is 8.46. The average Bonchev–Trinajstić information content (AvgIpc) is 2.60. The van der Waals surface area contributed by atoms with Crippen LogP contribution >= 0.6 is 11.8 Å². The van der Waals surface area contributed by atoms with E-state index in [1.165, 1.54) is 7.11 Å². The number of esters is 1. The van der Waals surface area contributed by atoms with Gasteiger partial charge in [0.1, 0.15) is 11.6 Å². The molecule has 0 saturated heterocycles. The van der Waals surface area contributed by atoms with Gasteiger partial charge in [-0.3, -0.25) is 9.59 Å². The smallest absolute Gasteiger partial charge is 0.328 e. The minimum absolute atomic E-state index is 0.0669. The number of unbranched alkanes of at least 4 members (excludes halogenated alkanes) is 1. The number of thioether (sulfide) groups is 1. The Morgan fingerprint density at radius 3 is 2.60 bits per heavy atom. The maximum Gasteiger partial charge on any atom is 0.328 e. The molecule has 1 unspecified atom stereocenters. The fraction of sp³-hybridized carbons (Fsp3) is 0.611. The van der Waals surface area contributed by atoms with E-state index in [1.54, 1.807) is 22.4 Å². The Labute approximate surface area is 153 Å². The second-order valence-electron chi connectivity index (χ2n) is 5.97. The van der Waals surface area contributed by atoms with E-state index in [-0.39, 0.29) is 11.1 Å². The average molecular weight is 368 g/mol. The third-order valence-electron chi connectivity index (χ3n) is 4.19. The van der Waals surface area contributed by atoms with E-state index in [9.17, 15) is 14.4 Å². The largest absolute Gasteiger partial charge is 0.467 e. The van der Waals surface area contributed by atoms with Crippen molar-refractivity contribution in [2.24, 2.45) is 0 Å². The monoisotopic (exact) mass is 368 g/mol. The standard InChI is InChI=1S/C18H28N2O4S/c1-6-7-9-20-13(3)12(2)11-14(17(20)22)16(21)19-15(8-10-25-5)18(23)24-4/h11,15H,6-10H2,1-5H3,(H,19,21). The van der Waals surface area contributed by atoms with Crippen LogP contribution in [0.25, 0.3) is 0 Å². The minimum Gasteiger partial charge on any atom is -0.467 e. The molecule has 1 heterocycles. The van der Waals surface area contributed by atoms with Crippen LogP contribution in [0, 0.1) is 13.8 Å². The first-order chi connectivity index (χ1) is 11.9. The van der Waals surface area contributed by atoms with Gasteiger partial charge in [0.15, 0.2) is 0 Å². The van der Waals surface area contributed by atoms with Crippen molar-refractivity contribution in [3.05, 3.63) is 33.2 Å². The fourth-order valence-corrected chi connectivity index (χ4v) is 2.98. The van der Waals surface area contributed by atoms with Crippen LogP contribution in [-0.2, 0) is 16.1 Å². The number of amides is 1. The lowest BCUT2D eigenvalue weighted by Gasteiger charge is -2.18. The van der Waals surface area contributed by atoms with Gasteiger partial charge >= 0.3 is 5.97 Å². The molecule has 1 amide bonds. The van der Waals surface area contributed by atoms with Crippen LogP contribution in [-0.4, -0.2) is 41.6 Å². The minimum atomic E-state index is -0.755. The Morgan fingerprint density at radius 1 is 1.36 bits per heavy atom. The van der Waals surface area contributed by atoms with Crippen molar-refractivity contribution in [1.82, 2.24) is 9.88 Å². The first kappa shape index (κ1) is 21.3. The van der Waals surface area contributed by atoms with E-state index in [0.29, 0.717) is 18.7 Å². The molecular formula is C18H28N2O4S. The van der Waals surface area contributed by atoms with E-state index in [2.05, 4.69) is 12.2 Å². The van der Waals surface area contributed by atoms with Gasteiger partial charge in [0.25, 0.3) is 11.5 Å². The van der Waals surface area contributed by atoms with Crippen LogP contribution in [0.4, 0.5) is 0 Å². The molecular weight excluding hydrogens is 340 g/mol. The van der Waals surface area contributed by atoms with Crippen LogP contribution in [0.1, 0.15) is 47.8 Å². The second kappa shape index (κ2) is 10.3. The molecule has 0 bridgehead atoms. The van der Waals surface area contributed by atoms with Gasteiger partial charge in [-0.05, 0) is 50.3 Å². The number of rotatable bonds is 9. The Bertz CT molecular complexity index is 670. The number of carbonyl (C=O) groups is 2. The SMILES string of the molecule is CCCCn1c(C)c(C)cc(C(=O)NC(CCSC)C(=O)OC)c1=O. The Balaban J connectivity index is 3.13. The van der Waals surface area contributed by atoms with Crippen LogP contribution in [0.3, 0.4) is 0 Å². The number of ether oxygens (including phenoxy) is 1. The fourth-order valence-electron chi connectivity index (χ4n) is 2.50. The van der Waals surface area contributed by atoms with Gasteiger partial charge in [-0.25, -0.2) is 4.79 Å². The van der Waals surface area contributed by atoms with E-state index in [0.717, 1.165) is 24.1 Å². The summed E-state index contributed by atoms with van der Waals surface area (Å²) in [7, 11) is 1.29. The zero-order chi connectivity index (χ0) is 19.0. The highest BCUT2D eigenvalue weighted by Crippen LogP contribution is 2.09. The third kappa shape index (κ3) is 5.63. The molecule has 140 valence electrons. The maximum absolute atomic E-state index is 12.7. The normalized spacial score (nSPS) is 11.9. The Morgan fingerprint density at radius 2 is 2.04 bits per heavy atom. The van der Waals surface area contributed by atoms with E-state index in [1.807, 2.05) is 20.1 Å². The number of hydrogen-bond acceptors (Lipinski definition) is 5. The van der Waals surface area contributed by atoms with Gasteiger partial charge in [0, 0.05) is 12.2 Å². The third-order valence-corrected chi connectivity index (χ3v) is 4.84. The zero-order valence-electron chi connectivity index (χ0n) is 15.7. The second-order valence-corrected chi connectivity index (χ2v) is 6.95. The number of hydrogen-bond donors (Lipinski definition) is 1. The molecule has 0 aliphatic carbocycles. The summed E-state index contributed by atoms with van der Waals surface area (Å²) in [6, 6.07) is 0.841. The molecule has 1 rings (SSSR count). The highest BCUT2D eigenvalue weighted by molar-refractivity contribution is 7.98. The van der Waals surface area contributed by atoms with Gasteiger partial charge in [0.05, 0.1) is 7.11 Å². The van der Waals surface area contributed by atoms with Gasteiger partial charge in [-0.2, -0.15) is 11.8 Å². The van der Waals surface area contributed by atoms with Crippen molar-refractivity contribution in [2.45, 2.75) is 52.6 Å². The van der Waals surface area contributed by atoms with Crippen molar-refractivity contribution < 1.29 is 14.3 Å². The van der Waals surface area contributed by atoms with Crippen LogP contribution in [0.5, 0.6) is 0 Å². The summed E-state index contributed by atoms with van der Waals surface area (Å²) in [5.74, 6) is -0.333. The summed E-state index contributed by atoms with van der Waals surface area (Å²) in [4.78, 5) is 37.2. The van der Waals surface area contributed by atoms with Gasteiger partial charge < -0.3 is 14.6 Å². The van der Waals surface area contributed by atoms with E-state index < -0.39 is 17.9 Å². The predicted molar refractivity (Wildman–Crippen MR) is 101 cm³/mol. The van der Waals surface area contributed by atoms with Crippen molar-refractivity contribution in [1.29, 1.82) is 0 Å². The molecule has 1 aromatic rings. The lowest BCUT2D eigenvalue weighted by Crippen LogP contribution is -2.44. The summed E-state index contributed by atoms with van der Waals surface area (Å²) in [6.45, 7) is 6.38. The zero-order valence-corrected chi connectivity index (χ0v) is 16.5. The first-order valence-corrected chi connectivity index (χ1v) is 9.85. The summed E-state index contributed by atoms with van der Waals surface area (Å²) in [5.41, 5.74) is 1.49. The summed E-state index contributed by atoms with van der Waals surface area (Å²) >= 11 is 1.57. The molecule has 0 aliphatic rings. The molecule has 0 aromatic carbocycles. The van der Waals surface area contributed by atoms with E-state index >= 15 is 0 Å². The van der Waals surface area contributed by atoms with Gasteiger partial charge in [0.2, 0.25) is 0 Å². The maximum atomic E-state index is 12.7. The molecule has 7 heteroatoms. The number of nitrogens with one attached hydrogen (secondary N) is 1. The van der Waals surface area contributed by atoms with E-state index in [4.69, 9.17) is 4.74 Å². The molecule has 0 spiro atoms. The highest BCUT2D eigenvalue weighted by Gasteiger charge is 2.24. The molecule has 6 nitrogen and oxygen atoms in total. The molecule has 0 aliphatic heterocycles. The topological polar surface area (TPSA) is 77.4 Å². The van der Waals surface area contributed by atoms with Crippen LogP contribution in [0.2, 0.25) is 0 Å². The summed E-state index contributed by atoms with van der Waals surface area (Å²) in [6.07, 6.45) is 4.20. The lowest BCUT2D eigenvalue weighted by molar-refractivity contribution is -0.142. The highest BCUT2D eigenvalue weighted by atomic mass is 32.2. The van der Waals surface area contributed by atoms with Crippen LogP contribution in [0.15, 0.2) is 10.9 Å². The number of methoxy groups -OCH3 is 1. The number of aryl methyl sites for hydroxylation is 1. The molecule has 0 fully saturated rings. The Hall–Kier alpha value is -1.76. The lowest BCUT2D eigenvalue weighted by atomic mass is 10.1. The van der Waals surface area contributed by atoms with Crippen LogP contribution < -0.4 is 10.9 Å². The summed E-state index contributed by atoms with van der Waals surface area (Å²) in [5, 5.41) is 2.65. The van der Waals surface area contributed by atoms with Crippen molar-refractivity contribution >= 4 is 23.6 Å². The summed E-state index contributed by atoms with van der Waals surface area (Å²) < 4.78 is 6.39. The number of aromatic nitrogens is 1. The van der Waals surface area contributed by atoms with Gasteiger partial charge in [-0.15, -0.1) is 0 Å². The molecule has 0 saturated carbocycles. The quantitative estimate of drug-likeness (QED) is 0.677.